The van der Waals surface area contributed by atoms with Gasteiger partial charge in [-0.3, -0.25) is 0 Å². The zero-order valence-corrected chi connectivity index (χ0v) is 9.25. The molecular weight excluding hydrogens is 215 g/mol. The van der Waals surface area contributed by atoms with Crippen molar-refractivity contribution < 1.29 is 4.39 Å². The van der Waals surface area contributed by atoms with Gasteiger partial charge in [0, 0.05) is 24.8 Å². The van der Waals surface area contributed by atoms with Gasteiger partial charge in [0.1, 0.15) is 12.0 Å². The summed E-state index contributed by atoms with van der Waals surface area (Å²) >= 11 is 5.84. The Bertz CT molecular complexity index is 324. The molecule has 1 fully saturated rings. The third kappa shape index (κ3) is 2.40. The molecule has 0 atom stereocenters. The quantitative estimate of drug-likeness (QED) is 0.724. The number of hydrogen-bond acceptors (Lipinski definition) is 2. The normalized spacial score (nSPS) is 18.1. The Kier molecular flexibility index (Phi) is 3.41. The third-order valence-corrected chi connectivity index (χ3v) is 3.02. The summed E-state index contributed by atoms with van der Waals surface area (Å²) in [5, 5.41) is 0. The first-order valence-corrected chi connectivity index (χ1v) is 5.73. The van der Waals surface area contributed by atoms with Gasteiger partial charge in [0.15, 0.2) is 0 Å². The number of nitrogens with zero attached hydrogens (tertiary/aromatic N) is 2. The maximum Gasteiger partial charge on any atom is 0.132 e. The van der Waals surface area contributed by atoms with Crippen LogP contribution in [0.15, 0.2) is 18.3 Å². The predicted octanol–water partition coefficient (Wildman–Crippen LogP) is 2.76. The fraction of sp³-hybridized carbons (Fsp3) is 0.545. The molecule has 1 aromatic rings. The number of rotatable bonds is 2. The fourth-order valence-corrected chi connectivity index (χ4v) is 2.09. The largest absolute Gasteiger partial charge is 0.356 e. The second kappa shape index (κ2) is 4.79. The van der Waals surface area contributed by atoms with Crippen LogP contribution in [0.2, 0.25) is 0 Å². The van der Waals surface area contributed by atoms with Gasteiger partial charge in [-0.15, -0.1) is 11.6 Å². The van der Waals surface area contributed by atoms with E-state index in [0.29, 0.717) is 18.7 Å². The van der Waals surface area contributed by atoms with E-state index >= 15 is 0 Å². The number of piperidine rings is 1. The van der Waals surface area contributed by atoms with Crippen LogP contribution < -0.4 is 4.90 Å². The molecule has 0 bridgehead atoms. The summed E-state index contributed by atoms with van der Waals surface area (Å²) in [7, 11) is 0. The van der Waals surface area contributed by atoms with E-state index < -0.39 is 6.17 Å². The van der Waals surface area contributed by atoms with E-state index in [4.69, 9.17) is 11.6 Å². The number of halogens is 2. The van der Waals surface area contributed by atoms with Crippen LogP contribution in [0.25, 0.3) is 0 Å². The minimum Gasteiger partial charge on any atom is -0.356 e. The molecule has 1 aliphatic heterocycles. The zero-order valence-electron chi connectivity index (χ0n) is 8.50. The van der Waals surface area contributed by atoms with Crippen molar-refractivity contribution in [3.63, 3.8) is 0 Å². The highest BCUT2D eigenvalue weighted by Crippen LogP contribution is 2.23. The Balaban J connectivity index is 2.15. The van der Waals surface area contributed by atoms with Crippen LogP contribution in [-0.4, -0.2) is 24.2 Å². The average Bonchev–Trinajstić information content (AvgIpc) is 2.30. The molecule has 0 aliphatic carbocycles. The van der Waals surface area contributed by atoms with Crippen LogP contribution in [0.4, 0.5) is 10.2 Å². The van der Waals surface area contributed by atoms with E-state index in [1.54, 1.807) is 6.20 Å². The van der Waals surface area contributed by atoms with Crippen molar-refractivity contribution in [1.29, 1.82) is 0 Å². The average molecular weight is 229 g/mol. The van der Waals surface area contributed by atoms with Crippen molar-refractivity contribution >= 4 is 17.4 Å². The lowest BCUT2D eigenvalue weighted by molar-refractivity contribution is 0.276. The number of pyridine rings is 1. The van der Waals surface area contributed by atoms with E-state index in [1.807, 2.05) is 12.1 Å². The van der Waals surface area contributed by atoms with Gasteiger partial charge in [-0.05, 0) is 18.9 Å². The van der Waals surface area contributed by atoms with Crippen molar-refractivity contribution in [2.24, 2.45) is 0 Å². The Morgan fingerprint density at radius 1 is 1.47 bits per heavy atom. The van der Waals surface area contributed by atoms with Crippen LogP contribution in [0.3, 0.4) is 0 Å². The van der Waals surface area contributed by atoms with E-state index in [0.717, 1.165) is 24.5 Å². The third-order valence-electron chi connectivity index (χ3n) is 2.74. The Labute approximate surface area is 94.1 Å². The number of aromatic nitrogens is 1. The summed E-state index contributed by atoms with van der Waals surface area (Å²) in [6, 6.07) is 3.85. The molecule has 1 aromatic heterocycles. The number of anilines is 1. The molecule has 2 nitrogen and oxygen atoms in total. The van der Waals surface area contributed by atoms with Gasteiger partial charge < -0.3 is 4.90 Å². The lowest BCUT2D eigenvalue weighted by Crippen LogP contribution is -2.35. The SMILES string of the molecule is FC1CCN(c2ncccc2CCl)CC1. The monoisotopic (exact) mass is 228 g/mol. The maximum atomic E-state index is 13.0. The Hall–Kier alpha value is -0.830. The van der Waals surface area contributed by atoms with Gasteiger partial charge >= 0.3 is 0 Å². The first kappa shape index (κ1) is 10.7. The van der Waals surface area contributed by atoms with Crippen LogP contribution in [0.5, 0.6) is 0 Å². The predicted molar refractivity (Wildman–Crippen MR) is 60.1 cm³/mol. The Morgan fingerprint density at radius 2 is 2.20 bits per heavy atom. The lowest BCUT2D eigenvalue weighted by atomic mass is 10.1. The molecule has 0 radical (unpaired) electrons. The number of alkyl halides is 2. The second-order valence-corrected chi connectivity index (χ2v) is 4.05. The van der Waals surface area contributed by atoms with Gasteiger partial charge in [-0.2, -0.15) is 0 Å². The summed E-state index contributed by atoms with van der Waals surface area (Å²) in [5.41, 5.74) is 1.02. The van der Waals surface area contributed by atoms with E-state index in [9.17, 15) is 4.39 Å². The van der Waals surface area contributed by atoms with Gasteiger partial charge in [-0.25, -0.2) is 9.37 Å². The minimum absolute atomic E-state index is 0.457. The van der Waals surface area contributed by atoms with Gasteiger partial charge in [0.2, 0.25) is 0 Å². The lowest BCUT2D eigenvalue weighted by Gasteiger charge is -2.30. The fourth-order valence-electron chi connectivity index (χ4n) is 1.88. The first-order valence-electron chi connectivity index (χ1n) is 5.20. The molecular formula is C11H14ClFN2. The molecule has 0 amide bonds. The van der Waals surface area contributed by atoms with Crippen LogP contribution in [0, 0.1) is 0 Å². The van der Waals surface area contributed by atoms with Gasteiger partial charge in [0.25, 0.3) is 0 Å². The molecule has 2 heterocycles. The van der Waals surface area contributed by atoms with Gasteiger partial charge in [-0.1, -0.05) is 6.07 Å². The molecule has 2 rings (SSSR count). The molecule has 0 aromatic carbocycles. The van der Waals surface area contributed by atoms with Crippen molar-refractivity contribution in [1.82, 2.24) is 4.98 Å². The molecule has 15 heavy (non-hydrogen) atoms. The van der Waals surface area contributed by atoms with E-state index in [2.05, 4.69) is 9.88 Å². The van der Waals surface area contributed by atoms with Crippen molar-refractivity contribution in [2.45, 2.75) is 24.9 Å². The van der Waals surface area contributed by atoms with Crippen LogP contribution in [-0.2, 0) is 5.88 Å². The van der Waals surface area contributed by atoms with Crippen LogP contribution in [0.1, 0.15) is 18.4 Å². The highest BCUT2D eigenvalue weighted by Gasteiger charge is 2.20. The summed E-state index contributed by atoms with van der Waals surface area (Å²) < 4.78 is 13.0. The highest BCUT2D eigenvalue weighted by molar-refractivity contribution is 6.17. The smallest absolute Gasteiger partial charge is 0.132 e. The van der Waals surface area contributed by atoms with E-state index in [1.165, 1.54) is 0 Å². The molecule has 0 spiro atoms. The molecule has 0 saturated carbocycles. The summed E-state index contributed by atoms with van der Waals surface area (Å²) in [5.74, 6) is 1.37. The topological polar surface area (TPSA) is 16.1 Å². The molecule has 0 N–H and O–H groups in total. The van der Waals surface area contributed by atoms with Gasteiger partial charge in [0.05, 0.1) is 5.88 Å². The van der Waals surface area contributed by atoms with E-state index in [-0.39, 0.29) is 0 Å². The summed E-state index contributed by atoms with van der Waals surface area (Å²) in [4.78, 5) is 6.44. The first-order chi connectivity index (χ1) is 7.31. The highest BCUT2D eigenvalue weighted by atomic mass is 35.5. The molecule has 1 saturated heterocycles. The molecule has 1 aliphatic rings. The maximum absolute atomic E-state index is 13.0. The van der Waals surface area contributed by atoms with Crippen molar-refractivity contribution in [2.75, 3.05) is 18.0 Å². The van der Waals surface area contributed by atoms with Crippen molar-refractivity contribution in [3.05, 3.63) is 23.9 Å². The zero-order chi connectivity index (χ0) is 10.7. The second-order valence-electron chi connectivity index (χ2n) is 3.78. The molecule has 82 valence electrons. The standard InChI is InChI=1S/C11H14ClFN2/c12-8-9-2-1-5-14-11(9)15-6-3-10(13)4-7-15/h1-2,5,10H,3-4,6-8H2. The minimum atomic E-state index is -0.649. The summed E-state index contributed by atoms with van der Waals surface area (Å²) in [6.45, 7) is 1.48. The summed E-state index contributed by atoms with van der Waals surface area (Å²) in [6.07, 6.45) is 2.30. The van der Waals surface area contributed by atoms with Crippen molar-refractivity contribution in [3.8, 4) is 0 Å². The number of hydrogen-bond donors (Lipinski definition) is 0. The molecule has 4 heteroatoms. The van der Waals surface area contributed by atoms with Crippen LogP contribution >= 0.6 is 11.6 Å². The molecule has 0 unspecified atom stereocenters. The Morgan fingerprint density at radius 3 is 2.87 bits per heavy atom.